The Morgan fingerprint density at radius 2 is 1.93 bits per heavy atom. The van der Waals surface area contributed by atoms with Crippen molar-refractivity contribution in [1.29, 1.82) is 0 Å². The lowest BCUT2D eigenvalue weighted by Crippen LogP contribution is -2.02. The molecule has 0 spiro atoms. The predicted octanol–water partition coefficient (Wildman–Crippen LogP) is 4.26. The Kier molecular flexibility index (Phi) is 4.37. The highest BCUT2D eigenvalue weighted by Crippen LogP contribution is 2.30. The SMILES string of the molecule is COc1ccc(Cl)cc1-n1nnc(-c2nc(-c3ccccc3C)no2)c1C. The molecule has 0 saturated carbocycles. The molecule has 136 valence electrons. The van der Waals surface area contributed by atoms with E-state index in [9.17, 15) is 0 Å². The van der Waals surface area contributed by atoms with Crippen LogP contribution in [0.2, 0.25) is 5.02 Å². The van der Waals surface area contributed by atoms with Crippen LogP contribution in [0.15, 0.2) is 47.0 Å². The first-order chi connectivity index (χ1) is 13.1. The molecule has 0 amide bonds. The molecule has 0 fully saturated rings. The van der Waals surface area contributed by atoms with Crippen LogP contribution in [-0.4, -0.2) is 32.2 Å². The molecule has 2 heterocycles. The minimum Gasteiger partial charge on any atom is -0.494 e. The molecule has 2 aromatic carbocycles. The molecule has 4 aromatic rings. The first kappa shape index (κ1) is 17.2. The van der Waals surface area contributed by atoms with Gasteiger partial charge in [0.2, 0.25) is 5.82 Å². The van der Waals surface area contributed by atoms with Gasteiger partial charge < -0.3 is 9.26 Å². The molecule has 0 unspecified atom stereocenters. The van der Waals surface area contributed by atoms with E-state index in [2.05, 4.69) is 20.5 Å². The molecule has 4 rings (SSSR count). The summed E-state index contributed by atoms with van der Waals surface area (Å²) in [7, 11) is 1.59. The zero-order chi connectivity index (χ0) is 19.0. The van der Waals surface area contributed by atoms with E-state index in [1.165, 1.54) is 0 Å². The number of methoxy groups -OCH3 is 1. The number of aromatic nitrogens is 5. The summed E-state index contributed by atoms with van der Waals surface area (Å²) in [4.78, 5) is 4.49. The summed E-state index contributed by atoms with van der Waals surface area (Å²) in [6.45, 7) is 3.87. The maximum Gasteiger partial charge on any atom is 0.280 e. The van der Waals surface area contributed by atoms with E-state index in [-0.39, 0.29) is 0 Å². The van der Waals surface area contributed by atoms with E-state index in [0.29, 0.717) is 33.9 Å². The van der Waals surface area contributed by atoms with Gasteiger partial charge >= 0.3 is 0 Å². The number of benzene rings is 2. The average Bonchev–Trinajstić information content (AvgIpc) is 3.28. The number of rotatable bonds is 4. The highest BCUT2D eigenvalue weighted by Gasteiger charge is 2.21. The standard InChI is InChI=1S/C19H16ClN5O2/c1-11-6-4-5-7-14(11)18-21-19(27-23-18)17-12(2)25(24-22-17)15-10-13(20)8-9-16(15)26-3/h4-10H,1-3H3. The largest absolute Gasteiger partial charge is 0.494 e. The van der Waals surface area contributed by atoms with Gasteiger partial charge in [-0.2, -0.15) is 4.98 Å². The van der Waals surface area contributed by atoms with Gasteiger partial charge in [-0.1, -0.05) is 46.2 Å². The molecule has 2 aromatic heterocycles. The second-order valence-corrected chi connectivity index (χ2v) is 6.43. The number of ether oxygens (including phenoxy) is 1. The highest BCUT2D eigenvalue weighted by atomic mass is 35.5. The highest BCUT2D eigenvalue weighted by molar-refractivity contribution is 6.30. The first-order valence-corrected chi connectivity index (χ1v) is 8.62. The van der Waals surface area contributed by atoms with Crippen LogP contribution in [0.5, 0.6) is 5.75 Å². The Labute approximate surface area is 160 Å². The second kappa shape index (κ2) is 6.85. The molecule has 0 aliphatic rings. The molecule has 0 bridgehead atoms. The van der Waals surface area contributed by atoms with Crippen molar-refractivity contribution in [3.8, 4) is 34.4 Å². The Hall–Kier alpha value is -3.19. The lowest BCUT2D eigenvalue weighted by atomic mass is 10.1. The summed E-state index contributed by atoms with van der Waals surface area (Å²) < 4.78 is 12.5. The molecule has 8 heteroatoms. The van der Waals surface area contributed by atoms with Crippen molar-refractivity contribution in [2.75, 3.05) is 7.11 Å². The summed E-state index contributed by atoms with van der Waals surface area (Å²) in [6.07, 6.45) is 0. The van der Waals surface area contributed by atoms with Crippen molar-refractivity contribution in [2.24, 2.45) is 0 Å². The third-order valence-electron chi connectivity index (χ3n) is 4.28. The van der Waals surface area contributed by atoms with E-state index in [0.717, 1.165) is 16.8 Å². The molecule has 0 saturated heterocycles. The van der Waals surface area contributed by atoms with Gasteiger partial charge in [0.05, 0.1) is 12.8 Å². The summed E-state index contributed by atoms with van der Waals surface area (Å²) in [5.74, 6) is 1.44. The van der Waals surface area contributed by atoms with E-state index < -0.39 is 0 Å². The first-order valence-electron chi connectivity index (χ1n) is 8.25. The topological polar surface area (TPSA) is 78.9 Å². The Balaban J connectivity index is 1.76. The van der Waals surface area contributed by atoms with Gasteiger partial charge in [0, 0.05) is 10.6 Å². The number of hydrogen-bond donors (Lipinski definition) is 0. The van der Waals surface area contributed by atoms with Crippen LogP contribution in [0.4, 0.5) is 0 Å². The van der Waals surface area contributed by atoms with E-state index in [1.807, 2.05) is 38.1 Å². The van der Waals surface area contributed by atoms with Gasteiger partial charge in [-0.25, -0.2) is 4.68 Å². The quantitative estimate of drug-likeness (QED) is 0.525. The Morgan fingerprint density at radius 1 is 1.11 bits per heavy atom. The fraction of sp³-hybridized carbons (Fsp3) is 0.158. The van der Waals surface area contributed by atoms with Crippen LogP contribution in [0.3, 0.4) is 0 Å². The van der Waals surface area contributed by atoms with Crippen LogP contribution in [-0.2, 0) is 0 Å². The Bertz CT molecular complexity index is 1120. The van der Waals surface area contributed by atoms with Crippen LogP contribution in [0.25, 0.3) is 28.7 Å². The van der Waals surface area contributed by atoms with E-state index in [4.69, 9.17) is 20.9 Å². The van der Waals surface area contributed by atoms with E-state index >= 15 is 0 Å². The lowest BCUT2D eigenvalue weighted by molar-refractivity contribution is 0.411. The van der Waals surface area contributed by atoms with E-state index in [1.54, 1.807) is 30.0 Å². The molecule has 0 atom stereocenters. The molecule has 7 nitrogen and oxygen atoms in total. The van der Waals surface area contributed by atoms with Gasteiger partial charge in [-0.05, 0) is 37.6 Å². The van der Waals surface area contributed by atoms with Crippen LogP contribution < -0.4 is 4.74 Å². The monoisotopic (exact) mass is 381 g/mol. The van der Waals surface area contributed by atoms with Crippen molar-refractivity contribution in [3.05, 3.63) is 58.7 Å². The summed E-state index contributed by atoms with van der Waals surface area (Å²) in [5, 5.41) is 13.1. The molecule has 27 heavy (non-hydrogen) atoms. The smallest absolute Gasteiger partial charge is 0.280 e. The van der Waals surface area contributed by atoms with Crippen molar-refractivity contribution in [1.82, 2.24) is 25.1 Å². The number of hydrogen-bond acceptors (Lipinski definition) is 6. The van der Waals surface area contributed by atoms with Gasteiger partial charge in [0.25, 0.3) is 5.89 Å². The zero-order valence-corrected chi connectivity index (χ0v) is 15.7. The molecular formula is C19H16ClN5O2. The van der Waals surface area contributed by atoms with Gasteiger partial charge in [-0.3, -0.25) is 0 Å². The minimum atomic E-state index is 0.304. The summed E-state index contributed by atoms with van der Waals surface area (Å²) in [6, 6.07) is 13.1. The zero-order valence-electron chi connectivity index (χ0n) is 15.0. The lowest BCUT2D eigenvalue weighted by Gasteiger charge is -2.09. The molecule has 0 aliphatic carbocycles. The Morgan fingerprint density at radius 3 is 2.70 bits per heavy atom. The van der Waals surface area contributed by atoms with Crippen molar-refractivity contribution in [2.45, 2.75) is 13.8 Å². The second-order valence-electron chi connectivity index (χ2n) is 5.99. The van der Waals surface area contributed by atoms with Crippen LogP contribution >= 0.6 is 11.6 Å². The summed E-state index contributed by atoms with van der Waals surface area (Å²) >= 11 is 6.13. The normalized spacial score (nSPS) is 11.0. The van der Waals surface area contributed by atoms with Crippen molar-refractivity contribution < 1.29 is 9.26 Å². The fourth-order valence-corrected chi connectivity index (χ4v) is 3.00. The number of halogens is 1. The third-order valence-corrected chi connectivity index (χ3v) is 4.51. The van der Waals surface area contributed by atoms with Gasteiger partial charge in [0.1, 0.15) is 11.4 Å². The van der Waals surface area contributed by atoms with Gasteiger partial charge in [0.15, 0.2) is 5.69 Å². The number of aryl methyl sites for hydroxylation is 1. The molecule has 0 radical (unpaired) electrons. The maximum absolute atomic E-state index is 6.13. The minimum absolute atomic E-state index is 0.304. The third kappa shape index (κ3) is 3.06. The van der Waals surface area contributed by atoms with Crippen LogP contribution in [0, 0.1) is 13.8 Å². The molecule has 0 N–H and O–H groups in total. The molecule has 0 aliphatic heterocycles. The fourth-order valence-electron chi connectivity index (χ4n) is 2.84. The van der Waals surface area contributed by atoms with Gasteiger partial charge in [-0.15, -0.1) is 5.10 Å². The summed E-state index contributed by atoms with van der Waals surface area (Å²) in [5.41, 5.74) is 3.89. The van der Waals surface area contributed by atoms with Crippen LogP contribution in [0.1, 0.15) is 11.3 Å². The molecular weight excluding hydrogens is 366 g/mol. The number of nitrogens with zero attached hydrogens (tertiary/aromatic N) is 5. The van der Waals surface area contributed by atoms with Crippen molar-refractivity contribution in [3.63, 3.8) is 0 Å². The maximum atomic E-state index is 6.13. The average molecular weight is 382 g/mol. The van der Waals surface area contributed by atoms with Crippen molar-refractivity contribution >= 4 is 11.6 Å². The predicted molar refractivity (Wildman–Crippen MR) is 101 cm³/mol.